The number of nitrogens with zero attached hydrogens (tertiary/aromatic N) is 1. The molecular formula is C18H30N2. The van der Waals surface area contributed by atoms with Gasteiger partial charge in [0.1, 0.15) is 0 Å². The lowest BCUT2D eigenvalue weighted by molar-refractivity contribution is 0.327. The summed E-state index contributed by atoms with van der Waals surface area (Å²) in [4.78, 5) is 2.54. The Hall–Kier alpha value is -1.02. The molecule has 1 aliphatic rings. The van der Waals surface area contributed by atoms with Crippen LogP contribution in [-0.2, 0) is 6.42 Å². The van der Waals surface area contributed by atoms with E-state index in [9.17, 15) is 0 Å². The second kappa shape index (κ2) is 7.68. The minimum Gasteiger partial charge on any atom is -0.371 e. The van der Waals surface area contributed by atoms with Crippen LogP contribution in [0.2, 0.25) is 0 Å². The molecule has 0 spiro atoms. The Bertz CT molecular complexity index is 385. The number of hydrogen-bond donors (Lipinski definition) is 1. The molecule has 1 saturated heterocycles. The lowest BCUT2D eigenvalue weighted by Gasteiger charge is -2.38. The van der Waals surface area contributed by atoms with E-state index in [0.29, 0.717) is 6.04 Å². The minimum atomic E-state index is 0.695. The largest absolute Gasteiger partial charge is 0.371 e. The molecule has 2 atom stereocenters. The lowest BCUT2D eigenvalue weighted by atomic mass is 9.93. The number of unbranched alkanes of at least 4 members (excludes halogenated alkanes) is 1. The smallest absolute Gasteiger partial charge is 0.0366 e. The van der Waals surface area contributed by atoms with Gasteiger partial charge in [0.25, 0.3) is 0 Å². The minimum absolute atomic E-state index is 0.695. The summed E-state index contributed by atoms with van der Waals surface area (Å²) in [6.45, 7) is 10.3. The van der Waals surface area contributed by atoms with E-state index in [2.05, 4.69) is 55.3 Å². The second-order valence-corrected chi connectivity index (χ2v) is 6.15. The summed E-state index contributed by atoms with van der Waals surface area (Å²) in [5.41, 5.74) is 2.87. The highest BCUT2D eigenvalue weighted by atomic mass is 15.2. The van der Waals surface area contributed by atoms with Gasteiger partial charge in [0.15, 0.2) is 0 Å². The van der Waals surface area contributed by atoms with Gasteiger partial charge in [-0.05, 0) is 49.4 Å². The molecule has 1 heterocycles. The topological polar surface area (TPSA) is 15.3 Å². The number of hydrogen-bond acceptors (Lipinski definition) is 2. The van der Waals surface area contributed by atoms with E-state index in [-0.39, 0.29) is 0 Å². The van der Waals surface area contributed by atoms with Crippen molar-refractivity contribution < 1.29 is 0 Å². The third kappa shape index (κ3) is 3.99. The zero-order valence-electron chi connectivity index (χ0n) is 13.4. The monoisotopic (exact) mass is 274 g/mol. The van der Waals surface area contributed by atoms with Gasteiger partial charge in [-0.25, -0.2) is 0 Å². The van der Waals surface area contributed by atoms with Crippen molar-refractivity contribution in [3.8, 4) is 0 Å². The van der Waals surface area contributed by atoms with E-state index in [0.717, 1.165) is 12.5 Å². The molecule has 112 valence electrons. The van der Waals surface area contributed by atoms with Gasteiger partial charge in [-0.2, -0.15) is 0 Å². The maximum atomic E-state index is 3.61. The van der Waals surface area contributed by atoms with Gasteiger partial charge >= 0.3 is 0 Å². The van der Waals surface area contributed by atoms with Crippen molar-refractivity contribution in [2.45, 2.75) is 52.5 Å². The van der Waals surface area contributed by atoms with Crippen molar-refractivity contribution in [3.63, 3.8) is 0 Å². The summed E-state index contributed by atoms with van der Waals surface area (Å²) < 4.78 is 0. The molecule has 0 aromatic heterocycles. The first-order chi connectivity index (χ1) is 9.74. The number of piperidine rings is 1. The summed E-state index contributed by atoms with van der Waals surface area (Å²) in [5, 5.41) is 3.61. The first kappa shape index (κ1) is 15.4. The van der Waals surface area contributed by atoms with Crippen LogP contribution in [0, 0.1) is 5.92 Å². The van der Waals surface area contributed by atoms with E-state index in [1.807, 2.05) is 0 Å². The third-order valence-corrected chi connectivity index (χ3v) is 4.49. The molecule has 20 heavy (non-hydrogen) atoms. The highest BCUT2D eigenvalue weighted by molar-refractivity contribution is 5.48. The van der Waals surface area contributed by atoms with Crippen LogP contribution in [0.5, 0.6) is 0 Å². The Morgan fingerprint density at radius 3 is 2.55 bits per heavy atom. The first-order valence-corrected chi connectivity index (χ1v) is 8.31. The van der Waals surface area contributed by atoms with Crippen molar-refractivity contribution in [3.05, 3.63) is 29.8 Å². The molecule has 1 fully saturated rings. The zero-order chi connectivity index (χ0) is 14.4. The van der Waals surface area contributed by atoms with Crippen LogP contribution >= 0.6 is 0 Å². The fraction of sp³-hybridized carbons (Fsp3) is 0.667. The average Bonchev–Trinajstić information content (AvgIpc) is 2.48. The number of rotatable bonds is 6. The standard InChI is InChI=1S/C18H30N2/c1-4-6-7-16-8-10-17(11-9-16)20-13-12-18(19-5-2)15(3)14-20/h8-11,15,18-19H,4-7,12-14H2,1-3H3. The van der Waals surface area contributed by atoms with Gasteiger partial charge in [0.05, 0.1) is 0 Å². The van der Waals surface area contributed by atoms with Gasteiger partial charge in [-0.3, -0.25) is 0 Å². The molecule has 0 bridgehead atoms. The quantitative estimate of drug-likeness (QED) is 0.847. The number of anilines is 1. The Morgan fingerprint density at radius 1 is 1.20 bits per heavy atom. The maximum absolute atomic E-state index is 3.61. The van der Waals surface area contributed by atoms with Gasteiger partial charge in [0.2, 0.25) is 0 Å². The Morgan fingerprint density at radius 2 is 1.95 bits per heavy atom. The van der Waals surface area contributed by atoms with Crippen molar-refractivity contribution in [2.75, 3.05) is 24.5 Å². The second-order valence-electron chi connectivity index (χ2n) is 6.15. The lowest BCUT2D eigenvalue weighted by Crippen LogP contribution is -2.48. The van der Waals surface area contributed by atoms with Crippen LogP contribution in [0.1, 0.15) is 45.6 Å². The summed E-state index contributed by atoms with van der Waals surface area (Å²) in [7, 11) is 0. The Balaban J connectivity index is 1.92. The summed E-state index contributed by atoms with van der Waals surface area (Å²) in [6.07, 6.45) is 5.05. The number of benzene rings is 1. The fourth-order valence-electron chi connectivity index (χ4n) is 3.20. The van der Waals surface area contributed by atoms with Crippen LogP contribution in [-0.4, -0.2) is 25.7 Å². The van der Waals surface area contributed by atoms with E-state index in [4.69, 9.17) is 0 Å². The number of aryl methyl sites for hydroxylation is 1. The van der Waals surface area contributed by atoms with E-state index in [1.165, 1.54) is 50.0 Å². The number of nitrogens with one attached hydrogen (secondary N) is 1. The molecule has 1 N–H and O–H groups in total. The molecule has 2 unspecified atom stereocenters. The van der Waals surface area contributed by atoms with Crippen LogP contribution in [0.3, 0.4) is 0 Å². The van der Waals surface area contributed by atoms with Gasteiger partial charge in [-0.1, -0.05) is 39.3 Å². The molecule has 2 rings (SSSR count). The molecule has 0 saturated carbocycles. The van der Waals surface area contributed by atoms with Crippen molar-refractivity contribution in [1.82, 2.24) is 5.32 Å². The molecule has 1 aromatic carbocycles. The predicted molar refractivity (Wildman–Crippen MR) is 88.5 cm³/mol. The molecule has 0 aliphatic carbocycles. The normalized spacial score (nSPS) is 23.1. The van der Waals surface area contributed by atoms with Crippen LogP contribution in [0.15, 0.2) is 24.3 Å². The molecule has 1 aromatic rings. The molecule has 1 aliphatic heterocycles. The van der Waals surface area contributed by atoms with Crippen LogP contribution < -0.4 is 10.2 Å². The molecule has 2 heteroatoms. The third-order valence-electron chi connectivity index (χ3n) is 4.49. The summed E-state index contributed by atoms with van der Waals surface area (Å²) in [5.74, 6) is 0.725. The maximum Gasteiger partial charge on any atom is 0.0366 e. The van der Waals surface area contributed by atoms with Gasteiger partial charge in [0, 0.05) is 24.8 Å². The summed E-state index contributed by atoms with van der Waals surface area (Å²) in [6, 6.07) is 9.94. The van der Waals surface area contributed by atoms with Crippen molar-refractivity contribution in [1.29, 1.82) is 0 Å². The molecule has 0 amide bonds. The predicted octanol–water partition coefficient (Wildman–Crippen LogP) is 3.85. The van der Waals surface area contributed by atoms with E-state index >= 15 is 0 Å². The zero-order valence-corrected chi connectivity index (χ0v) is 13.4. The molecular weight excluding hydrogens is 244 g/mol. The molecule has 2 nitrogen and oxygen atoms in total. The van der Waals surface area contributed by atoms with E-state index < -0.39 is 0 Å². The fourth-order valence-corrected chi connectivity index (χ4v) is 3.20. The van der Waals surface area contributed by atoms with Crippen LogP contribution in [0.25, 0.3) is 0 Å². The van der Waals surface area contributed by atoms with Gasteiger partial charge < -0.3 is 10.2 Å². The summed E-state index contributed by atoms with van der Waals surface area (Å²) >= 11 is 0. The SMILES string of the molecule is CCCCc1ccc(N2CCC(NCC)C(C)C2)cc1. The average molecular weight is 274 g/mol. The van der Waals surface area contributed by atoms with E-state index in [1.54, 1.807) is 0 Å². The molecule has 0 radical (unpaired) electrons. The van der Waals surface area contributed by atoms with Crippen LogP contribution in [0.4, 0.5) is 5.69 Å². The van der Waals surface area contributed by atoms with Crippen molar-refractivity contribution >= 4 is 5.69 Å². The highest BCUT2D eigenvalue weighted by Crippen LogP contribution is 2.24. The Labute approximate surface area is 124 Å². The Kier molecular flexibility index (Phi) is 5.90. The first-order valence-electron chi connectivity index (χ1n) is 8.31. The van der Waals surface area contributed by atoms with Crippen molar-refractivity contribution in [2.24, 2.45) is 5.92 Å². The highest BCUT2D eigenvalue weighted by Gasteiger charge is 2.25. The van der Waals surface area contributed by atoms with Gasteiger partial charge in [-0.15, -0.1) is 0 Å².